The van der Waals surface area contributed by atoms with Crippen LogP contribution in [0.25, 0.3) is 0 Å². The standard InChI is InChI=1S/C19H28N4O6/c1-19(14-6-5-7-15(12-14)29-4)17(25)23(18(26)20-19)21-16(24)13-22(8-10-27-2)9-11-28-3/h5-7,12H,8-11,13H2,1-4H3,(H,20,26)(H,21,24). The molecule has 1 aromatic rings. The second-order valence-corrected chi connectivity index (χ2v) is 6.72. The zero-order valence-electron chi connectivity index (χ0n) is 17.2. The zero-order chi connectivity index (χ0) is 21.4. The molecule has 1 unspecified atom stereocenters. The molecular weight excluding hydrogens is 380 g/mol. The highest BCUT2D eigenvalue weighted by molar-refractivity contribution is 6.08. The normalized spacial score (nSPS) is 18.9. The van der Waals surface area contributed by atoms with Gasteiger partial charge in [-0.1, -0.05) is 12.1 Å². The van der Waals surface area contributed by atoms with Crippen LogP contribution in [0.5, 0.6) is 5.75 Å². The third-order valence-corrected chi connectivity index (χ3v) is 4.66. The molecule has 160 valence electrons. The Balaban J connectivity index is 2.07. The minimum Gasteiger partial charge on any atom is -0.497 e. The molecule has 1 aliphatic heterocycles. The van der Waals surface area contributed by atoms with Crippen LogP contribution in [0.15, 0.2) is 24.3 Å². The van der Waals surface area contributed by atoms with Gasteiger partial charge in [0.25, 0.3) is 11.8 Å². The SMILES string of the molecule is COCCN(CCOC)CC(=O)NN1C(=O)NC(C)(c2cccc(OC)c2)C1=O. The molecule has 0 spiro atoms. The van der Waals surface area contributed by atoms with Crippen LogP contribution in [0.3, 0.4) is 0 Å². The lowest BCUT2D eigenvalue weighted by atomic mass is 9.92. The van der Waals surface area contributed by atoms with E-state index in [-0.39, 0.29) is 6.54 Å². The number of nitrogens with one attached hydrogen (secondary N) is 2. The van der Waals surface area contributed by atoms with Crippen LogP contribution in [0.1, 0.15) is 12.5 Å². The third-order valence-electron chi connectivity index (χ3n) is 4.66. The molecule has 1 atom stereocenters. The van der Waals surface area contributed by atoms with Crippen molar-refractivity contribution in [1.29, 1.82) is 0 Å². The maximum Gasteiger partial charge on any atom is 0.344 e. The molecular formula is C19H28N4O6. The third kappa shape index (κ3) is 5.43. The molecule has 0 saturated carbocycles. The van der Waals surface area contributed by atoms with Gasteiger partial charge in [-0.2, -0.15) is 5.01 Å². The first-order chi connectivity index (χ1) is 13.8. The van der Waals surface area contributed by atoms with E-state index in [1.54, 1.807) is 45.4 Å². The van der Waals surface area contributed by atoms with Crippen molar-refractivity contribution in [1.82, 2.24) is 20.7 Å². The predicted molar refractivity (Wildman–Crippen MR) is 104 cm³/mol. The van der Waals surface area contributed by atoms with Crippen molar-refractivity contribution in [2.75, 3.05) is 54.2 Å². The first-order valence-corrected chi connectivity index (χ1v) is 9.16. The Bertz CT molecular complexity index is 735. The van der Waals surface area contributed by atoms with Gasteiger partial charge in [0.15, 0.2) is 0 Å². The van der Waals surface area contributed by atoms with Gasteiger partial charge in [-0.3, -0.25) is 19.9 Å². The molecule has 0 bridgehead atoms. The van der Waals surface area contributed by atoms with Gasteiger partial charge >= 0.3 is 6.03 Å². The summed E-state index contributed by atoms with van der Waals surface area (Å²) >= 11 is 0. The molecule has 0 aliphatic carbocycles. The van der Waals surface area contributed by atoms with Crippen molar-refractivity contribution in [2.45, 2.75) is 12.5 Å². The highest BCUT2D eigenvalue weighted by Crippen LogP contribution is 2.30. The number of hydrazine groups is 1. The van der Waals surface area contributed by atoms with Crippen LogP contribution in [-0.4, -0.2) is 81.9 Å². The molecule has 2 rings (SSSR count). The van der Waals surface area contributed by atoms with E-state index in [0.29, 0.717) is 42.6 Å². The number of methoxy groups -OCH3 is 3. The molecule has 10 nitrogen and oxygen atoms in total. The van der Waals surface area contributed by atoms with Crippen molar-refractivity contribution in [2.24, 2.45) is 0 Å². The van der Waals surface area contributed by atoms with Gasteiger partial charge in [0, 0.05) is 27.3 Å². The Hall–Kier alpha value is -2.69. The molecule has 0 radical (unpaired) electrons. The van der Waals surface area contributed by atoms with Crippen LogP contribution in [-0.2, 0) is 24.6 Å². The second-order valence-electron chi connectivity index (χ2n) is 6.72. The van der Waals surface area contributed by atoms with Gasteiger partial charge < -0.3 is 19.5 Å². The predicted octanol–water partition coefficient (Wildman–Crippen LogP) is 0.0882. The molecule has 2 N–H and O–H groups in total. The van der Waals surface area contributed by atoms with Crippen LogP contribution in [0.2, 0.25) is 0 Å². The number of carbonyl (C=O) groups excluding carboxylic acids is 3. The Morgan fingerprint density at radius 1 is 1.17 bits per heavy atom. The number of urea groups is 1. The van der Waals surface area contributed by atoms with Gasteiger partial charge in [-0.25, -0.2) is 4.79 Å². The van der Waals surface area contributed by atoms with Crippen LogP contribution >= 0.6 is 0 Å². The molecule has 4 amide bonds. The number of ether oxygens (including phenoxy) is 3. The minimum atomic E-state index is -1.31. The fourth-order valence-corrected chi connectivity index (χ4v) is 2.94. The summed E-state index contributed by atoms with van der Waals surface area (Å²) in [5.74, 6) is -0.514. The fraction of sp³-hybridized carbons (Fsp3) is 0.526. The number of amides is 4. The summed E-state index contributed by atoms with van der Waals surface area (Å²) in [5, 5.41) is 3.35. The van der Waals surface area contributed by atoms with E-state index in [4.69, 9.17) is 14.2 Å². The molecule has 1 saturated heterocycles. The number of nitrogens with zero attached hydrogens (tertiary/aromatic N) is 2. The van der Waals surface area contributed by atoms with Crippen molar-refractivity contribution in [3.63, 3.8) is 0 Å². The minimum absolute atomic E-state index is 0.0142. The summed E-state index contributed by atoms with van der Waals surface area (Å²) in [6.45, 7) is 3.46. The topological polar surface area (TPSA) is 109 Å². The molecule has 1 aromatic carbocycles. The lowest BCUT2D eigenvalue weighted by Gasteiger charge is -2.24. The lowest BCUT2D eigenvalue weighted by molar-refractivity contribution is -0.139. The summed E-state index contributed by atoms with van der Waals surface area (Å²) in [5.41, 5.74) is 1.63. The van der Waals surface area contributed by atoms with E-state index in [9.17, 15) is 14.4 Å². The van der Waals surface area contributed by atoms with E-state index in [1.165, 1.54) is 7.11 Å². The molecule has 1 heterocycles. The summed E-state index contributed by atoms with van der Waals surface area (Å²) in [6.07, 6.45) is 0. The molecule has 1 aliphatic rings. The zero-order valence-corrected chi connectivity index (χ0v) is 17.2. The van der Waals surface area contributed by atoms with Crippen molar-refractivity contribution >= 4 is 17.8 Å². The van der Waals surface area contributed by atoms with Gasteiger partial charge in [0.2, 0.25) is 0 Å². The summed E-state index contributed by atoms with van der Waals surface area (Å²) in [7, 11) is 4.66. The summed E-state index contributed by atoms with van der Waals surface area (Å²) < 4.78 is 15.3. The van der Waals surface area contributed by atoms with E-state index < -0.39 is 23.4 Å². The van der Waals surface area contributed by atoms with Crippen LogP contribution in [0.4, 0.5) is 4.79 Å². The first kappa shape index (κ1) is 22.6. The average Bonchev–Trinajstić information content (AvgIpc) is 2.94. The van der Waals surface area contributed by atoms with Crippen molar-refractivity contribution in [3.8, 4) is 5.75 Å². The fourth-order valence-electron chi connectivity index (χ4n) is 2.94. The van der Waals surface area contributed by atoms with Gasteiger partial charge in [0.1, 0.15) is 11.3 Å². The largest absolute Gasteiger partial charge is 0.497 e. The number of benzene rings is 1. The molecule has 10 heteroatoms. The molecule has 0 aromatic heterocycles. The highest BCUT2D eigenvalue weighted by atomic mass is 16.5. The lowest BCUT2D eigenvalue weighted by Crippen LogP contribution is -2.51. The van der Waals surface area contributed by atoms with Crippen molar-refractivity contribution < 1.29 is 28.6 Å². The monoisotopic (exact) mass is 408 g/mol. The number of imide groups is 1. The number of hydrogen-bond acceptors (Lipinski definition) is 7. The first-order valence-electron chi connectivity index (χ1n) is 9.16. The molecule has 1 fully saturated rings. The smallest absolute Gasteiger partial charge is 0.344 e. The Labute approximate surface area is 170 Å². The van der Waals surface area contributed by atoms with Gasteiger partial charge in [0.05, 0.1) is 26.9 Å². The number of rotatable bonds is 11. The Morgan fingerprint density at radius 3 is 2.41 bits per heavy atom. The maximum absolute atomic E-state index is 12.9. The average molecular weight is 408 g/mol. The van der Waals surface area contributed by atoms with Crippen LogP contribution in [0, 0.1) is 0 Å². The maximum atomic E-state index is 12.9. The van der Waals surface area contributed by atoms with E-state index in [1.807, 2.05) is 4.90 Å². The van der Waals surface area contributed by atoms with E-state index >= 15 is 0 Å². The van der Waals surface area contributed by atoms with Gasteiger partial charge in [-0.15, -0.1) is 0 Å². The summed E-state index contributed by atoms with van der Waals surface area (Å²) in [6, 6.07) is 6.14. The van der Waals surface area contributed by atoms with E-state index in [0.717, 1.165) is 0 Å². The Morgan fingerprint density at radius 2 is 1.83 bits per heavy atom. The van der Waals surface area contributed by atoms with E-state index in [2.05, 4.69) is 10.7 Å². The van der Waals surface area contributed by atoms with Gasteiger partial charge in [-0.05, 0) is 24.6 Å². The van der Waals surface area contributed by atoms with Crippen molar-refractivity contribution in [3.05, 3.63) is 29.8 Å². The van der Waals surface area contributed by atoms with Crippen LogP contribution < -0.4 is 15.5 Å². The highest BCUT2D eigenvalue weighted by Gasteiger charge is 2.50. The second kappa shape index (κ2) is 10.2. The summed E-state index contributed by atoms with van der Waals surface area (Å²) in [4.78, 5) is 39.6. The number of hydrogen-bond donors (Lipinski definition) is 2. The Kier molecular flexibility index (Phi) is 7.94. The quantitative estimate of drug-likeness (QED) is 0.500. The molecule has 29 heavy (non-hydrogen) atoms. The number of carbonyl (C=O) groups is 3.